The molecule has 0 saturated carbocycles. The van der Waals surface area contributed by atoms with Crippen molar-refractivity contribution in [1.82, 2.24) is 19.9 Å². The second-order valence-electron chi connectivity index (χ2n) is 4.94. The Morgan fingerprint density at radius 3 is 3.11 bits per heavy atom. The zero-order valence-corrected chi connectivity index (χ0v) is 11.2. The predicted octanol–water partition coefficient (Wildman–Crippen LogP) is 1.98. The van der Waals surface area contributed by atoms with Crippen molar-refractivity contribution in [2.45, 2.75) is 39.3 Å². The standard InChI is InChI=1S/C14H18N4O/c1-2-3-14-16-6-11-8-18(5-4-13(11)17-14)9-12-7-15-10-19-12/h6-7,10H,2-5,8-9H2,1H3. The van der Waals surface area contributed by atoms with Crippen LogP contribution in [0.5, 0.6) is 0 Å². The summed E-state index contributed by atoms with van der Waals surface area (Å²) in [6.07, 6.45) is 8.29. The maximum absolute atomic E-state index is 5.29. The highest BCUT2D eigenvalue weighted by atomic mass is 16.3. The molecule has 5 heteroatoms. The van der Waals surface area contributed by atoms with Gasteiger partial charge in [0.1, 0.15) is 11.6 Å². The smallest absolute Gasteiger partial charge is 0.180 e. The molecule has 2 aromatic heterocycles. The van der Waals surface area contributed by atoms with Crippen LogP contribution in [-0.2, 0) is 25.9 Å². The molecule has 1 aliphatic heterocycles. The summed E-state index contributed by atoms with van der Waals surface area (Å²) < 4.78 is 5.29. The molecule has 19 heavy (non-hydrogen) atoms. The summed E-state index contributed by atoms with van der Waals surface area (Å²) in [6, 6.07) is 0. The highest BCUT2D eigenvalue weighted by molar-refractivity contribution is 5.20. The van der Waals surface area contributed by atoms with E-state index in [1.54, 1.807) is 6.20 Å². The lowest BCUT2D eigenvalue weighted by Gasteiger charge is -2.27. The molecule has 3 heterocycles. The zero-order valence-electron chi connectivity index (χ0n) is 11.2. The molecular weight excluding hydrogens is 240 g/mol. The van der Waals surface area contributed by atoms with Crippen molar-refractivity contribution in [3.8, 4) is 0 Å². The molecule has 0 N–H and O–H groups in total. The second-order valence-corrected chi connectivity index (χ2v) is 4.94. The number of hydrogen-bond acceptors (Lipinski definition) is 5. The normalized spacial score (nSPS) is 15.4. The molecule has 0 radical (unpaired) electrons. The molecule has 0 saturated heterocycles. The fraction of sp³-hybridized carbons (Fsp3) is 0.500. The van der Waals surface area contributed by atoms with Crippen LogP contribution in [0.3, 0.4) is 0 Å². The molecule has 0 spiro atoms. The van der Waals surface area contributed by atoms with Crippen molar-refractivity contribution in [1.29, 1.82) is 0 Å². The average molecular weight is 258 g/mol. The SMILES string of the molecule is CCCc1ncc2c(n1)CCN(Cc1cnco1)C2. The molecule has 3 rings (SSSR count). The first-order valence-electron chi connectivity index (χ1n) is 6.78. The summed E-state index contributed by atoms with van der Waals surface area (Å²) in [5.41, 5.74) is 2.46. The van der Waals surface area contributed by atoms with Crippen molar-refractivity contribution >= 4 is 0 Å². The van der Waals surface area contributed by atoms with Crippen molar-refractivity contribution in [3.63, 3.8) is 0 Å². The maximum Gasteiger partial charge on any atom is 0.180 e. The molecule has 0 amide bonds. The lowest BCUT2D eigenvalue weighted by Crippen LogP contribution is -2.31. The Morgan fingerprint density at radius 1 is 1.37 bits per heavy atom. The summed E-state index contributed by atoms with van der Waals surface area (Å²) in [5, 5.41) is 0. The molecule has 0 aliphatic carbocycles. The minimum absolute atomic E-state index is 0.802. The van der Waals surface area contributed by atoms with Gasteiger partial charge < -0.3 is 4.42 Å². The van der Waals surface area contributed by atoms with E-state index in [2.05, 4.69) is 26.8 Å². The summed E-state index contributed by atoms with van der Waals surface area (Å²) in [5.74, 6) is 1.89. The first-order valence-corrected chi connectivity index (χ1v) is 6.78. The Kier molecular flexibility index (Phi) is 3.55. The lowest BCUT2D eigenvalue weighted by molar-refractivity contribution is 0.223. The number of oxazole rings is 1. The summed E-state index contributed by atoms with van der Waals surface area (Å²) in [4.78, 5) is 15.4. The van der Waals surface area contributed by atoms with E-state index >= 15 is 0 Å². The lowest BCUT2D eigenvalue weighted by atomic mass is 10.1. The van der Waals surface area contributed by atoms with E-state index in [1.807, 2.05) is 6.20 Å². The van der Waals surface area contributed by atoms with E-state index < -0.39 is 0 Å². The van der Waals surface area contributed by atoms with Gasteiger partial charge in [-0.2, -0.15) is 0 Å². The van der Waals surface area contributed by atoms with Gasteiger partial charge in [-0.05, 0) is 6.42 Å². The minimum atomic E-state index is 0.802. The van der Waals surface area contributed by atoms with Crippen LogP contribution in [0, 0.1) is 0 Å². The third-order valence-corrected chi connectivity index (χ3v) is 3.40. The third kappa shape index (κ3) is 2.81. The van der Waals surface area contributed by atoms with E-state index in [9.17, 15) is 0 Å². The molecule has 2 aromatic rings. The fourth-order valence-electron chi connectivity index (χ4n) is 2.44. The number of hydrogen-bond donors (Lipinski definition) is 0. The minimum Gasteiger partial charge on any atom is -0.447 e. The molecule has 1 aliphatic rings. The topological polar surface area (TPSA) is 55.1 Å². The monoisotopic (exact) mass is 258 g/mol. The highest BCUT2D eigenvalue weighted by Crippen LogP contribution is 2.18. The Morgan fingerprint density at radius 2 is 2.32 bits per heavy atom. The molecule has 0 fully saturated rings. The van der Waals surface area contributed by atoms with Crippen LogP contribution in [0.2, 0.25) is 0 Å². The predicted molar refractivity (Wildman–Crippen MR) is 70.3 cm³/mol. The number of rotatable bonds is 4. The second kappa shape index (κ2) is 5.48. The van der Waals surface area contributed by atoms with Gasteiger partial charge in [0.05, 0.1) is 12.7 Å². The van der Waals surface area contributed by atoms with Crippen molar-refractivity contribution in [2.75, 3.05) is 6.54 Å². The van der Waals surface area contributed by atoms with Gasteiger partial charge in [0.15, 0.2) is 6.39 Å². The maximum atomic E-state index is 5.29. The molecule has 0 bridgehead atoms. The zero-order chi connectivity index (χ0) is 13.1. The van der Waals surface area contributed by atoms with Gasteiger partial charge in [-0.25, -0.2) is 15.0 Å². The van der Waals surface area contributed by atoms with Gasteiger partial charge in [-0.3, -0.25) is 4.90 Å². The molecular formula is C14H18N4O. The number of fused-ring (bicyclic) bond motifs is 1. The van der Waals surface area contributed by atoms with Crippen LogP contribution in [0.25, 0.3) is 0 Å². The van der Waals surface area contributed by atoms with Crippen molar-refractivity contribution < 1.29 is 4.42 Å². The third-order valence-electron chi connectivity index (χ3n) is 3.40. The highest BCUT2D eigenvalue weighted by Gasteiger charge is 2.19. The van der Waals surface area contributed by atoms with E-state index in [0.29, 0.717) is 0 Å². The molecule has 100 valence electrons. The summed E-state index contributed by atoms with van der Waals surface area (Å²) in [6.45, 7) is 4.86. The molecule has 0 aromatic carbocycles. The van der Waals surface area contributed by atoms with Crippen LogP contribution in [-0.4, -0.2) is 26.4 Å². The van der Waals surface area contributed by atoms with E-state index in [1.165, 1.54) is 17.7 Å². The Labute approximate surface area is 112 Å². The molecule has 5 nitrogen and oxygen atoms in total. The van der Waals surface area contributed by atoms with Crippen LogP contribution in [0.15, 0.2) is 23.2 Å². The number of aryl methyl sites for hydroxylation is 1. The number of nitrogens with zero attached hydrogens (tertiary/aromatic N) is 4. The summed E-state index contributed by atoms with van der Waals surface area (Å²) in [7, 11) is 0. The van der Waals surface area contributed by atoms with Crippen LogP contribution in [0.4, 0.5) is 0 Å². The van der Waals surface area contributed by atoms with Crippen molar-refractivity contribution in [2.24, 2.45) is 0 Å². The van der Waals surface area contributed by atoms with E-state index in [0.717, 1.165) is 50.5 Å². The average Bonchev–Trinajstić information content (AvgIpc) is 2.92. The quantitative estimate of drug-likeness (QED) is 0.839. The largest absolute Gasteiger partial charge is 0.447 e. The number of aromatic nitrogens is 3. The van der Waals surface area contributed by atoms with Gasteiger partial charge in [0.2, 0.25) is 0 Å². The Bertz CT molecular complexity index is 538. The van der Waals surface area contributed by atoms with Crippen molar-refractivity contribution in [3.05, 3.63) is 41.6 Å². The Balaban J connectivity index is 1.70. The molecule has 0 atom stereocenters. The first kappa shape index (κ1) is 12.3. The first-order chi connectivity index (χ1) is 9.35. The Hall–Kier alpha value is -1.75. The van der Waals surface area contributed by atoms with E-state index in [4.69, 9.17) is 4.42 Å². The van der Waals surface area contributed by atoms with E-state index in [-0.39, 0.29) is 0 Å². The van der Waals surface area contributed by atoms with Gasteiger partial charge in [-0.15, -0.1) is 0 Å². The molecule has 0 unspecified atom stereocenters. The van der Waals surface area contributed by atoms with Crippen LogP contribution < -0.4 is 0 Å². The van der Waals surface area contributed by atoms with Gasteiger partial charge in [-0.1, -0.05) is 6.92 Å². The van der Waals surface area contributed by atoms with Crippen LogP contribution >= 0.6 is 0 Å². The van der Waals surface area contributed by atoms with Gasteiger partial charge in [0, 0.05) is 43.4 Å². The van der Waals surface area contributed by atoms with Gasteiger partial charge >= 0.3 is 0 Å². The summed E-state index contributed by atoms with van der Waals surface area (Å²) >= 11 is 0. The fourth-order valence-corrected chi connectivity index (χ4v) is 2.44. The van der Waals surface area contributed by atoms with Gasteiger partial charge in [0.25, 0.3) is 0 Å². The van der Waals surface area contributed by atoms with Crippen LogP contribution in [0.1, 0.15) is 36.2 Å².